The first kappa shape index (κ1) is 38.3. The van der Waals surface area contributed by atoms with E-state index in [4.69, 9.17) is 46.4 Å². The smallest absolute Gasteiger partial charge is 0.228 e. The predicted molar refractivity (Wildman–Crippen MR) is 230 cm³/mol. The molecule has 0 saturated carbocycles. The van der Waals surface area contributed by atoms with Crippen molar-refractivity contribution < 1.29 is 14.2 Å². The van der Waals surface area contributed by atoms with Crippen LogP contribution in [0.15, 0.2) is 79.1 Å². The number of hydrogen-bond donors (Lipinski definition) is 1. The summed E-state index contributed by atoms with van der Waals surface area (Å²) in [4.78, 5) is 31.6. The second-order valence-corrected chi connectivity index (χ2v) is 15.1. The lowest BCUT2D eigenvalue weighted by atomic mass is 10.1. The maximum Gasteiger partial charge on any atom is 0.228 e. The van der Waals surface area contributed by atoms with Gasteiger partial charge in [-0.3, -0.25) is 0 Å². The quantitative estimate of drug-likeness (QED) is 0.163. The van der Waals surface area contributed by atoms with Crippen LogP contribution < -0.4 is 34.4 Å². The number of aromatic nitrogens is 4. The topological polar surface area (TPSA) is 107 Å². The van der Waals surface area contributed by atoms with Crippen LogP contribution in [0.2, 0.25) is 0 Å². The maximum absolute atomic E-state index is 6.14. The summed E-state index contributed by atoms with van der Waals surface area (Å²) < 4.78 is 16.5. The van der Waals surface area contributed by atoms with Gasteiger partial charge in [0.05, 0.1) is 33.1 Å². The third-order valence-electron chi connectivity index (χ3n) is 10.9. The number of ether oxygens (including phenoxy) is 3. The minimum absolute atomic E-state index is 0.608. The lowest BCUT2D eigenvalue weighted by Gasteiger charge is -2.34. The zero-order chi connectivity index (χ0) is 39.3. The second-order valence-electron chi connectivity index (χ2n) is 14.7. The van der Waals surface area contributed by atoms with Gasteiger partial charge in [0.2, 0.25) is 11.9 Å². The molecule has 3 aliphatic rings. The molecule has 0 bridgehead atoms. The van der Waals surface area contributed by atoms with Crippen LogP contribution in [0.1, 0.15) is 22.3 Å². The van der Waals surface area contributed by atoms with Gasteiger partial charge in [0, 0.05) is 93.8 Å². The van der Waals surface area contributed by atoms with Crippen molar-refractivity contribution in [2.24, 2.45) is 0 Å². The number of hydrogen-bond acceptors (Lipinski definition) is 12. The van der Waals surface area contributed by atoms with Gasteiger partial charge in [-0.2, -0.15) is 4.98 Å². The van der Waals surface area contributed by atoms with E-state index in [-0.39, 0.29) is 0 Å². The summed E-state index contributed by atoms with van der Waals surface area (Å²) in [5, 5.41) is 4.21. The van der Waals surface area contributed by atoms with E-state index in [1.54, 1.807) is 14.2 Å². The number of piperazine rings is 1. The zero-order valence-corrected chi connectivity index (χ0v) is 34.0. The highest BCUT2D eigenvalue weighted by atomic mass is 32.1. The number of morpholine rings is 1. The van der Waals surface area contributed by atoms with Gasteiger partial charge in [0.1, 0.15) is 17.3 Å². The van der Waals surface area contributed by atoms with Gasteiger partial charge in [0.25, 0.3) is 0 Å². The van der Waals surface area contributed by atoms with E-state index in [0.29, 0.717) is 62.9 Å². The molecule has 13 nitrogen and oxygen atoms in total. The number of nitrogens with zero attached hydrogens (tertiary/aromatic N) is 9. The Labute approximate surface area is 340 Å². The molecule has 3 aromatic carbocycles. The van der Waals surface area contributed by atoms with Crippen LogP contribution in [0.5, 0.6) is 11.5 Å². The highest BCUT2D eigenvalue weighted by molar-refractivity contribution is 7.80. The number of benzene rings is 3. The van der Waals surface area contributed by atoms with Crippen molar-refractivity contribution in [2.45, 2.75) is 26.4 Å². The van der Waals surface area contributed by atoms with E-state index in [2.05, 4.69) is 86.3 Å². The molecule has 0 aliphatic carbocycles. The molecular weight excluding hydrogens is 737 g/mol. The number of aryl methyl sites for hydroxylation is 1. The minimum atomic E-state index is 0.608. The highest BCUT2D eigenvalue weighted by Gasteiger charge is 2.31. The molecular formula is C43H50N10O3S. The van der Waals surface area contributed by atoms with E-state index in [0.717, 1.165) is 89.1 Å². The van der Waals surface area contributed by atoms with Gasteiger partial charge in [-0.25, -0.2) is 15.0 Å². The predicted octanol–water partition coefficient (Wildman–Crippen LogP) is 5.81. The highest BCUT2D eigenvalue weighted by Crippen LogP contribution is 2.37. The number of fused-ring (bicyclic) bond motifs is 1. The minimum Gasteiger partial charge on any atom is -0.497 e. The fourth-order valence-corrected chi connectivity index (χ4v) is 7.77. The summed E-state index contributed by atoms with van der Waals surface area (Å²) >= 11 is 6.14. The Morgan fingerprint density at radius 1 is 0.789 bits per heavy atom. The van der Waals surface area contributed by atoms with E-state index >= 15 is 0 Å². The van der Waals surface area contributed by atoms with Gasteiger partial charge < -0.3 is 44.0 Å². The Morgan fingerprint density at radius 2 is 1.42 bits per heavy atom. The second kappa shape index (κ2) is 17.3. The average Bonchev–Trinajstić information content (AvgIpc) is 3.69. The van der Waals surface area contributed by atoms with Crippen molar-refractivity contribution in [1.29, 1.82) is 0 Å². The van der Waals surface area contributed by atoms with Crippen molar-refractivity contribution in [1.82, 2.24) is 24.8 Å². The normalized spacial score (nSPS) is 15.7. The summed E-state index contributed by atoms with van der Waals surface area (Å²) in [6, 6.07) is 22.8. The molecule has 0 spiro atoms. The average molecular weight is 787 g/mol. The number of methoxy groups -OCH3 is 2. The van der Waals surface area contributed by atoms with Gasteiger partial charge >= 0.3 is 0 Å². The number of anilines is 5. The summed E-state index contributed by atoms with van der Waals surface area (Å²) in [6.45, 7) is 10.8. The Kier molecular flexibility index (Phi) is 11.6. The number of likely N-dealkylation sites (N-methyl/N-ethyl adjacent to an activating group) is 1. The van der Waals surface area contributed by atoms with Gasteiger partial charge in [-0.15, -0.1) is 0 Å². The third-order valence-corrected chi connectivity index (χ3v) is 11.3. The fourth-order valence-electron chi connectivity index (χ4n) is 7.48. The van der Waals surface area contributed by atoms with E-state index in [1.165, 1.54) is 5.69 Å². The molecule has 0 amide bonds. The summed E-state index contributed by atoms with van der Waals surface area (Å²) in [5.41, 5.74) is 8.26. The Hall–Kier alpha value is -5.57. The van der Waals surface area contributed by atoms with E-state index in [1.807, 2.05) is 36.7 Å². The van der Waals surface area contributed by atoms with Crippen LogP contribution in [0.3, 0.4) is 0 Å². The van der Waals surface area contributed by atoms with E-state index in [9.17, 15) is 0 Å². The molecule has 5 heterocycles. The van der Waals surface area contributed by atoms with Gasteiger partial charge in [-0.1, -0.05) is 30.3 Å². The molecule has 0 atom stereocenters. The third kappa shape index (κ3) is 8.73. The molecule has 8 rings (SSSR count). The van der Waals surface area contributed by atoms with Gasteiger partial charge in [0.15, 0.2) is 5.11 Å². The summed E-state index contributed by atoms with van der Waals surface area (Å²) in [5.74, 6) is 3.72. The Bertz CT molecular complexity index is 2110. The zero-order valence-electron chi connectivity index (χ0n) is 33.1. The van der Waals surface area contributed by atoms with Crippen molar-refractivity contribution in [3.63, 3.8) is 0 Å². The number of rotatable bonds is 11. The van der Waals surface area contributed by atoms with Crippen molar-refractivity contribution >= 4 is 46.4 Å². The molecule has 1 N–H and O–H groups in total. The standard InChI is InChI=1S/C43H50N10O3S/c1-30-5-10-34(50-19-17-49(2)18-20-50)25-38(30)46-43(57)53-16-15-37-39(47-42(48-40(37)53)51-21-23-56-24-22-51)33-26-44-41(45-27-33)52(28-31-6-11-35(54-3)12-7-31)29-32-8-13-36(55-4)14-9-32/h5-14,25-27H,15-24,28-29H2,1-4H3,(H,46,57). The molecule has 3 aliphatic heterocycles. The fraction of sp³-hybridized carbons (Fsp3) is 0.372. The molecule has 5 aromatic rings. The van der Waals surface area contributed by atoms with Crippen LogP contribution in [0.25, 0.3) is 11.3 Å². The maximum atomic E-state index is 6.14. The van der Waals surface area contributed by atoms with Crippen LogP contribution in [-0.2, 0) is 24.2 Å². The Balaban J connectivity index is 1.09. The SMILES string of the molecule is COc1ccc(CN(Cc2ccc(OC)cc2)c2ncc(-c3nc(N4CCOCC4)nc4c3CCN4C(=S)Nc3cc(N4CCN(C)CC4)ccc3C)cn2)cc1. The van der Waals surface area contributed by atoms with Crippen LogP contribution in [0, 0.1) is 6.92 Å². The van der Waals surface area contributed by atoms with Crippen LogP contribution in [0.4, 0.5) is 29.1 Å². The van der Waals surface area contributed by atoms with Gasteiger partial charge in [-0.05, 0) is 85.7 Å². The molecule has 2 saturated heterocycles. The number of thiocarbonyl (C=S) groups is 1. The van der Waals surface area contributed by atoms with E-state index < -0.39 is 0 Å². The first-order valence-corrected chi connectivity index (χ1v) is 20.0. The van der Waals surface area contributed by atoms with Crippen molar-refractivity contribution in [2.75, 3.05) is 105 Å². The molecule has 0 radical (unpaired) electrons. The number of nitrogens with one attached hydrogen (secondary N) is 1. The first-order valence-electron chi connectivity index (χ1n) is 19.5. The lowest BCUT2D eigenvalue weighted by molar-refractivity contribution is 0.122. The van der Waals surface area contributed by atoms with Crippen LogP contribution >= 0.6 is 12.2 Å². The molecule has 2 aromatic heterocycles. The summed E-state index contributed by atoms with van der Waals surface area (Å²) in [6.07, 6.45) is 4.50. The first-order chi connectivity index (χ1) is 27.8. The van der Waals surface area contributed by atoms with Crippen molar-refractivity contribution in [3.05, 3.63) is 101 Å². The molecule has 2 fully saturated rings. The van der Waals surface area contributed by atoms with Crippen molar-refractivity contribution in [3.8, 4) is 22.8 Å². The molecule has 0 unspecified atom stereocenters. The molecule has 57 heavy (non-hydrogen) atoms. The summed E-state index contributed by atoms with van der Waals surface area (Å²) in [7, 11) is 5.53. The largest absolute Gasteiger partial charge is 0.497 e. The lowest BCUT2D eigenvalue weighted by Crippen LogP contribution is -2.44. The Morgan fingerprint density at radius 3 is 2.04 bits per heavy atom. The monoisotopic (exact) mass is 786 g/mol. The molecule has 14 heteroatoms. The molecule has 296 valence electrons. The van der Waals surface area contributed by atoms with Crippen LogP contribution in [-0.4, -0.2) is 110 Å².